The van der Waals surface area contributed by atoms with Gasteiger partial charge < -0.3 is 15.2 Å². The van der Waals surface area contributed by atoms with Crippen LogP contribution in [-0.4, -0.2) is 23.0 Å². The highest BCUT2D eigenvalue weighted by Crippen LogP contribution is 2.21. The molecule has 0 fully saturated rings. The Bertz CT molecular complexity index is 576. The number of carbonyl (C=O) groups is 1. The van der Waals surface area contributed by atoms with Crippen LogP contribution < -0.4 is 10.5 Å². The number of esters is 1. The van der Waals surface area contributed by atoms with Gasteiger partial charge in [-0.2, -0.15) is 4.98 Å². The SMILES string of the molecule is COC(=O)c1ccc(Oc2cc(C)nc(N)n2)cc1. The van der Waals surface area contributed by atoms with E-state index in [0.29, 0.717) is 22.9 Å². The maximum Gasteiger partial charge on any atom is 0.337 e. The molecule has 0 aliphatic rings. The first-order valence-corrected chi connectivity index (χ1v) is 5.56. The van der Waals surface area contributed by atoms with Crippen LogP contribution in [-0.2, 0) is 4.74 Å². The number of aryl methyl sites for hydroxylation is 1. The Hall–Kier alpha value is -2.63. The fraction of sp³-hybridized carbons (Fsp3) is 0.154. The summed E-state index contributed by atoms with van der Waals surface area (Å²) in [6.07, 6.45) is 0. The summed E-state index contributed by atoms with van der Waals surface area (Å²) in [5.74, 6) is 0.663. The first-order chi connectivity index (χ1) is 9.08. The predicted molar refractivity (Wildman–Crippen MR) is 69.0 cm³/mol. The van der Waals surface area contributed by atoms with Crippen LogP contribution in [0.4, 0.5) is 5.95 Å². The molecule has 6 heteroatoms. The summed E-state index contributed by atoms with van der Waals surface area (Å²) in [5, 5.41) is 0. The first-order valence-electron chi connectivity index (χ1n) is 5.56. The zero-order valence-corrected chi connectivity index (χ0v) is 10.6. The molecule has 19 heavy (non-hydrogen) atoms. The number of aromatic nitrogens is 2. The highest BCUT2D eigenvalue weighted by molar-refractivity contribution is 5.89. The van der Waals surface area contributed by atoms with E-state index in [0.717, 1.165) is 0 Å². The summed E-state index contributed by atoms with van der Waals surface area (Å²) in [5.41, 5.74) is 6.70. The van der Waals surface area contributed by atoms with Gasteiger partial charge in [0, 0.05) is 11.8 Å². The van der Waals surface area contributed by atoms with E-state index in [9.17, 15) is 4.79 Å². The highest BCUT2D eigenvalue weighted by Gasteiger charge is 2.06. The maximum absolute atomic E-state index is 11.3. The van der Waals surface area contributed by atoms with Gasteiger partial charge in [-0.3, -0.25) is 0 Å². The molecule has 2 rings (SSSR count). The molecule has 0 saturated carbocycles. The number of nitrogens with two attached hydrogens (primary N) is 1. The van der Waals surface area contributed by atoms with Gasteiger partial charge in [0.05, 0.1) is 12.7 Å². The molecule has 0 amide bonds. The third-order valence-corrected chi connectivity index (χ3v) is 2.35. The van der Waals surface area contributed by atoms with Gasteiger partial charge in [0.2, 0.25) is 11.8 Å². The van der Waals surface area contributed by atoms with E-state index in [1.165, 1.54) is 7.11 Å². The van der Waals surface area contributed by atoms with Gasteiger partial charge in [-0.25, -0.2) is 9.78 Å². The number of anilines is 1. The molecule has 0 saturated heterocycles. The lowest BCUT2D eigenvalue weighted by atomic mass is 10.2. The smallest absolute Gasteiger partial charge is 0.337 e. The van der Waals surface area contributed by atoms with E-state index in [-0.39, 0.29) is 5.95 Å². The van der Waals surface area contributed by atoms with Crippen LogP contribution >= 0.6 is 0 Å². The lowest BCUT2D eigenvalue weighted by molar-refractivity contribution is 0.0600. The molecular formula is C13H13N3O3. The number of hydrogen-bond acceptors (Lipinski definition) is 6. The molecule has 0 unspecified atom stereocenters. The van der Waals surface area contributed by atoms with Gasteiger partial charge in [0.1, 0.15) is 5.75 Å². The van der Waals surface area contributed by atoms with Crippen LogP contribution in [0.15, 0.2) is 30.3 Å². The molecule has 1 aromatic carbocycles. The van der Waals surface area contributed by atoms with Gasteiger partial charge in [0.25, 0.3) is 0 Å². The van der Waals surface area contributed by atoms with Gasteiger partial charge in [-0.1, -0.05) is 0 Å². The van der Waals surface area contributed by atoms with E-state index >= 15 is 0 Å². The predicted octanol–water partition coefficient (Wildman–Crippen LogP) is 1.95. The minimum absolute atomic E-state index is 0.154. The molecule has 0 aliphatic heterocycles. The van der Waals surface area contributed by atoms with Crippen molar-refractivity contribution < 1.29 is 14.3 Å². The zero-order chi connectivity index (χ0) is 13.8. The molecule has 1 aromatic heterocycles. The average molecular weight is 259 g/mol. The van der Waals surface area contributed by atoms with Gasteiger partial charge in [0.15, 0.2) is 0 Å². The maximum atomic E-state index is 11.3. The fourth-order valence-corrected chi connectivity index (χ4v) is 1.51. The summed E-state index contributed by atoms with van der Waals surface area (Å²) in [4.78, 5) is 19.2. The van der Waals surface area contributed by atoms with E-state index in [1.807, 2.05) is 0 Å². The Balaban J connectivity index is 2.17. The number of hydrogen-bond donors (Lipinski definition) is 1. The van der Waals surface area contributed by atoms with Crippen molar-refractivity contribution in [3.05, 3.63) is 41.6 Å². The highest BCUT2D eigenvalue weighted by atomic mass is 16.5. The van der Waals surface area contributed by atoms with Gasteiger partial charge in [-0.15, -0.1) is 0 Å². The van der Waals surface area contributed by atoms with Crippen molar-refractivity contribution in [2.24, 2.45) is 0 Å². The lowest BCUT2D eigenvalue weighted by Crippen LogP contribution is -2.01. The molecule has 0 radical (unpaired) electrons. The quantitative estimate of drug-likeness (QED) is 0.847. The van der Waals surface area contributed by atoms with Crippen molar-refractivity contribution in [1.82, 2.24) is 9.97 Å². The monoisotopic (exact) mass is 259 g/mol. The Morgan fingerprint density at radius 2 is 1.89 bits per heavy atom. The Labute approximate surface area is 110 Å². The second-order valence-electron chi connectivity index (χ2n) is 3.82. The van der Waals surface area contributed by atoms with Crippen LogP contribution in [0.3, 0.4) is 0 Å². The Morgan fingerprint density at radius 1 is 1.21 bits per heavy atom. The molecule has 0 spiro atoms. The summed E-state index contributed by atoms with van der Waals surface area (Å²) in [6, 6.07) is 8.20. The Morgan fingerprint density at radius 3 is 2.47 bits per heavy atom. The number of benzene rings is 1. The second-order valence-corrected chi connectivity index (χ2v) is 3.82. The van der Waals surface area contributed by atoms with Crippen molar-refractivity contribution in [3.63, 3.8) is 0 Å². The summed E-state index contributed by atoms with van der Waals surface area (Å²) >= 11 is 0. The number of nitrogen functional groups attached to an aromatic ring is 1. The van der Waals surface area contributed by atoms with E-state index in [1.54, 1.807) is 37.3 Å². The van der Waals surface area contributed by atoms with Crippen molar-refractivity contribution in [2.45, 2.75) is 6.92 Å². The standard InChI is InChI=1S/C13H13N3O3/c1-8-7-11(16-13(14)15-8)19-10-5-3-9(4-6-10)12(17)18-2/h3-7H,1-2H3,(H2,14,15,16). The molecule has 0 aliphatic carbocycles. The van der Waals surface area contributed by atoms with Crippen molar-refractivity contribution in [1.29, 1.82) is 0 Å². The third kappa shape index (κ3) is 3.19. The van der Waals surface area contributed by atoms with Crippen LogP contribution in [0.1, 0.15) is 16.1 Å². The van der Waals surface area contributed by atoms with Crippen LogP contribution in [0.5, 0.6) is 11.6 Å². The molecule has 2 N–H and O–H groups in total. The number of carbonyl (C=O) groups excluding carboxylic acids is 1. The normalized spacial score (nSPS) is 10.0. The third-order valence-electron chi connectivity index (χ3n) is 2.35. The number of nitrogens with zero attached hydrogens (tertiary/aromatic N) is 2. The van der Waals surface area contributed by atoms with Crippen molar-refractivity contribution in [3.8, 4) is 11.6 Å². The van der Waals surface area contributed by atoms with E-state index in [4.69, 9.17) is 10.5 Å². The van der Waals surface area contributed by atoms with E-state index in [2.05, 4.69) is 14.7 Å². The molecule has 0 bridgehead atoms. The number of ether oxygens (including phenoxy) is 2. The fourth-order valence-electron chi connectivity index (χ4n) is 1.51. The largest absolute Gasteiger partial charge is 0.465 e. The minimum Gasteiger partial charge on any atom is -0.465 e. The molecule has 0 atom stereocenters. The summed E-state index contributed by atoms with van der Waals surface area (Å²) in [7, 11) is 1.33. The van der Waals surface area contributed by atoms with E-state index < -0.39 is 5.97 Å². The number of methoxy groups -OCH3 is 1. The zero-order valence-electron chi connectivity index (χ0n) is 10.6. The minimum atomic E-state index is -0.395. The van der Waals surface area contributed by atoms with Gasteiger partial charge >= 0.3 is 5.97 Å². The second kappa shape index (κ2) is 5.34. The average Bonchev–Trinajstić information content (AvgIpc) is 2.37. The van der Waals surface area contributed by atoms with Crippen LogP contribution in [0.2, 0.25) is 0 Å². The van der Waals surface area contributed by atoms with Crippen LogP contribution in [0, 0.1) is 6.92 Å². The lowest BCUT2D eigenvalue weighted by Gasteiger charge is -2.06. The Kier molecular flexibility index (Phi) is 3.61. The molecule has 2 aromatic rings. The van der Waals surface area contributed by atoms with Crippen molar-refractivity contribution >= 4 is 11.9 Å². The summed E-state index contributed by atoms with van der Waals surface area (Å²) in [6.45, 7) is 1.80. The van der Waals surface area contributed by atoms with Gasteiger partial charge in [-0.05, 0) is 31.2 Å². The first kappa shape index (κ1) is 12.8. The van der Waals surface area contributed by atoms with Crippen LogP contribution in [0.25, 0.3) is 0 Å². The molecule has 98 valence electrons. The molecule has 1 heterocycles. The topological polar surface area (TPSA) is 87.3 Å². The molecular weight excluding hydrogens is 246 g/mol. The number of rotatable bonds is 3. The molecule has 6 nitrogen and oxygen atoms in total. The summed E-state index contributed by atoms with van der Waals surface area (Å²) < 4.78 is 10.1. The van der Waals surface area contributed by atoms with Crippen molar-refractivity contribution in [2.75, 3.05) is 12.8 Å².